The molecule has 3 rings (SSSR count). The lowest BCUT2D eigenvalue weighted by Crippen LogP contribution is -2.18. The maximum absolute atomic E-state index is 12.3. The van der Waals surface area contributed by atoms with Crippen molar-refractivity contribution in [3.05, 3.63) is 88.4 Å². The van der Waals surface area contributed by atoms with Crippen molar-refractivity contribution in [3.8, 4) is 23.3 Å². The van der Waals surface area contributed by atoms with Gasteiger partial charge in [-0.2, -0.15) is 5.26 Å². The van der Waals surface area contributed by atoms with Gasteiger partial charge in [-0.05, 0) is 65.1 Å². The molecule has 0 N–H and O–H groups in total. The molecule has 0 aromatic heterocycles. The van der Waals surface area contributed by atoms with E-state index < -0.39 is 5.97 Å². The molecule has 0 aliphatic rings. The lowest BCUT2D eigenvalue weighted by atomic mass is 10.0. The van der Waals surface area contributed by atoms with E-state index in [9.17, 15) is 10.1 Å². The lowest BCUT2D eigenvalue weighted by molar-refractivity contribution is -0.136. The first kappa shape index (κ1) is 23.9. The Hall–Kier alpha value is -3.75. The molecule has 0 amide bonds. The number of carbonyl (C=O) groups excluding carboxylic acids is 1. The second-order valence-electron chi connectivity index (χ2n) is 7.57. The fourth-order valence-corrected chi connectivity index (χ4v) is 3.20. The number of esters is 1. The highest BCUT2D eigenvalue weighted by molar-refractivity contribution is 6.30. The van der Waals surface area contributed by atoms with Gasteiger partial charge in [0.2, 0.25) is 0 Å². The smallest absolute Gasteiger partial charge is 0.349 e. The number of hydrogen-bond acceptors (Lipinski definition) is 5. The molecule has 0 saturated carbocycles. The van der Waals surface area contributed by atoms with E-state index in [2.05, 4.69) is 19.9 Å². The van der Waals surface area contributed by atoms with Gasteiger partial charge >= 0.3 is 5.97 Å². The molecule has 0 atom stereocenters. The van der Waals surface area contributed by atoms with Gasteiger partial charge in [-0.3, -0.25) is 0 Å². The van der Waals surface area contributed by atoms with Crippen LogP contribution in [0.3, 0.4) is 0 Å². The highest BCUT2D eigenvalue weighted by Gasteiger charge is 2.12. The van der Waals surface area contributed by atoms with E-state index in [4.69, 9.17) is 25.8 Å². The van der Waals surface area contributed by atoms with Crippen LogP contribution in [0.15, 0.2) is 66.7 Å². The van der Waals surface area contributed by atoms with Crippen LogP contribution in [-0.4, -0.2) is 19.7 Å². The summed E-state index contributed by atoms with van der Waals surface area (Å²) in [6.45, 7) is 3.99. The highest BCUT2D eigenvalue weighted by Crippen LogP contribution is 2.30. The SMILES string of the molecule is COc1cc(/C=C(\C#N)c2ccc(Cl)cc2)ccc1OC(=O)COc1ccc(C(C)C)cc1. The number of nitrogens with zero attached hydrogens (tertiary/aromatic N) is 1. The fourth-order valence-electron chi connectivity index (χ4n) is 3.08. The molecule has 3 aromatic rings. The first-order valence-corrected chi connectivity index (χ1v) is 10.8. The Balaban J connectivity index is 1.68. The van der Waals surface area contributed by atoms with Crippen LogP contribution in [-0.2, 0) is 4.79 Å². The molecule has 5 nitrogen and oxygen atoms in total. The van der Waals surface area contributed by atoms with Gasteiger partial charge in [0.25, 0.3) is 0 Å². The van der Waals surface area contributed by atoms with Crippen molar-refractivity contribution in [2.75, 3.05) is 13.7 Å². The van der Waals surface area contributed by atoms with Crippen molar-refractivity contribution < 1.29 is 19.0 Å². The molecule has 0 spiro atoms. The number of halogens is 1. The van der Waals surface area contributed by atoms with Crippen LogP contribution < -0.4 is 14.2 Å². The maximum Gasteiger partial charge on any atom is 0.349 e. The molecule has 0 heterocycles. The van der Waals surface area contributed by atoms with E-state index in [0.717, 1.165) is 11.1 Å². The number of rotatable bonds is 8. The van der Waals surface area contributed by atoms with E-state index in [1.165, 1.54) is 12.7 Å². The number of hydrogen-bond donors (Lipinski definition) is 0. The van der Waals surface area contributed by atoms with Crippen LogP contribution in [0.1, 0.15) is 36.5 Å². The summed E-state index contributed by atoms with van der Waals surface area (Å²) in [6.07, 6.45) is 1.72. The van der Waals surface area contributed by atoms with Gasteiger partial charge in [0.1, 0.15) is 5.75 Å². The van der Waals surface area contributed by atoms with Gasteiger partial charge in [-0.1, -0.05) is 55.8 Å². The van der Waals surface area contributed by atoms with Crippen molar-refractivity contribution in [2.24, 2.45) is 0 Å². The second kappa shape index (κ2) is 11.2. The lowest BCUT2D eigenvalue weighted by Gasteiger charge is -2.11. The third-order valence-electron chi connectivity index (χ3n) is 4.90. The standard InChI is InChI=1S/C27H24ClNO4/c1-18(2)20-7-11-24(12-8-20)32-17-27(30)33-25-13-4-19(15-26(25)31-3)14-22(16-29)21-5-9-23(28)10-6-21/h4-15,18H,17H2,1-3H3/b22-14+. The predicted octanol–water partition coefficient (Wildman–Crippen LogP) is 6.52. The largest absolute Gasteiger partial charge is 0.493 e. The minimum Gasteiger partial charge on any atom is -0.493 e. The average molecular weight is 462 g/mol. The zero-order valence-corrected chi connectivity index (χ0v) is 19.4. The Labute approximate surface area is 198 Å². The van der Waals surface area contributed by atoms with Crippen LogP contribution in [0.25, 0.3) is 11.6 Å². The minimum absolute atomic E-state index is 0.235. The summed E-state index contributed by atoms with van der Waals surface area (Å²) in [5, 5.41) is 10.1. The van der Waals surface area contributed by atoms with Crippen LogP contribution in [0.4, 0.5) is 0 Å². The monoisotopic (exact) mass is 461 g/mol. The van der Waals surface area contributed by atoms with Gasteiger partial charge < -0.3 is 14.2 Å². The molecule has 0 unspecified atom stereocenters. The van der Waals surface area contributed by atoms with Gasteiger partial charge in [-0.25, -0.2) is 4.79 Å². The summed E-state index contributed by atoms with van der Waals surface area (Å²) in [5.74, 6) is 1.10. The van der Waals surface area contributed by atoms with Crippen molar-refractivity contribution in [3.63, 3.8) is 0 Å². The number of benzene rings is 3. The fraction of sp³-hybridized carbons (Fsp3) is 0.185. The van der Waals surface area contributed by atoms with Crippen molar-refractivity contribution in [1.82, 2.24) is 0 Å². The van der Waals surface area contributed by atoms with E-state index >= 15 is 0 Å². The Morgan fingerprint density at radius 3 is 2.33 bits per heavy atom. The van der Waals surface area contributed by atoms with Crippen molar-refractivity contribution in [2.45, 2.75) is 19.8 Å². The Morgan fingerprint density at radius 1 is 1.03 bits per heavy atom. The number of nitriles is 1. The quantitative estimate of drug-likeness (QED) is 0.165. The summed E-state index contributed by atoms with van der Waals surface area (Å²) in [7, 11) is 1.48. The normalized spacial score (nSPS) is 11.1. The molecule has 0 fully saturated rings. The minimum atomic E-state index is -0.552. The zero-order valence-electron chi connectivity index (χ0n) is 18.7. The molecular formula is C27H24ClNO4. The Bertz CT molecular complexity index is 1180. The maximum atomic E-state index is 12.3. The molecule has 0 saturated heterocycles. The van der Waals surface area contributed by atoms with E-state index in [0.29, 0.717) is 28.0 Å². The number of carbonyl (C=O) groups is 1. The molecule has 0 radical (unpaired) electrons. The summed E-state index contributed by atoms with van der Waals surface area (Å²) >= 11 is 5.92. The number of allylic oxidation sites excluding steroid dienone is 1. The van der Waals surface area contributed by atoms with Crippen molar-refractivity contribution in [1.29, 1.82) is 5.26 Å². The highest BCUT2D eigenvalue weighted by atomic mass is 35.5. The topological polar surface area (TPSA) is 68.5 Å². The third-order valence-corrected chi connectivity index (χ3v) is 5.15. The van der Waals surface area contributed by atoms with Crippen LogP contribution in [0.2, 0.25) is 5.02 Å². The summed E-state index contributed by atoms with van der Waals surface area (Å²) < 4.78 is 16.3. The first-order chi connectivity index (χ1) is 15.9. The molecule has 168 valence electrons. The molecule has 33 heavy (non-hydrogen) atoms. The summed E-state index contributed by atoms with van der Waals surface area (Å²) in [5.41, 5.74) is 3.13. The number of ether oxygens (including phenoxy) is 3. The van der Waals surface area contributed by atoms with Gasteiger partial charge in [0.05, 0.1) is 18.8 Å². The van der Waals surface area contributed by atoms with E-state index in [1.54, 1.807) is 48.5 Å². The van der Waals surface area contributed by atoms with Crippen LogP contribution in [0, 0.1) is 11.3 Å². The van der Waals surface area contributed by atoms with Crippen molar-refractivity contribution >= 4 is 29.2 Å². The van der Waals surface area contributed by atoms with Crippen LogP contribution in [0.5, 0.6) is 17.2 Å². The predicted molar refractivity (Wildman–Crippen MR) is 130 cm³/mol. The third kappa shape index (κ3) is 6.61. The molecular weight excluding hydrogens is 438 g/mol. The average Bonchev–Trinajstić information content (AvgIpc) is 2.83. The second-order valence-corrected chi connectivity index (χ2v) is 8.01. The molecule has 0 aliphatic carbocycles. The molecule has 0 aliphatic heterocycles. The van der Waals surface area contributed by atoms with Gasteiger partial charge in [0.15, 0.2) is 18.1 Å². The molecule has 3 aromatic carbocycles. The first-order valence-electron chi connectivity index (χ1n) is 10.4. The van der Waals surface area contributed by atoms with Gasteiger partial charge in [0, 0.05) is 5.02 Å². The van der Waals surface area contributed by atoms with Gasteiger partial charge in [-0.15, -0.1) is 0 Å². The summed E-state index contributed by atoms with van der Waals surface area (Å²) in [6, 6.07) is 21.9. The summed E-state index contributed by atoms with van der Waals surface area (Å²) in [4.78, 5) is 12.3. The molecule has 0 bridgehead atoms. The number of methoxy groups -OCH3 is 1. The Kier molecular flexibility index (Phi) is 8.12. The Morgan fingerprint density at radius 2 is 1.73 bits per heavy atom. The van der Waals surface area contributed by atoms with E-state index in [-0.39, 0.29) is 12.4 Å². The van der Waals surface area contributed by atoms with E-state index in [1.807, 2.05) is 24.3 Å². The molecule has 6 heteroatoms. The van der Waals surface area contributed by atoms with Crippen LogP contribution >= 0.6 is 11.6 Å². The zero-order chi connectivity index (χ0) is 23.8.